The molecule has 0 atom stereocenters. The maximum absolute atomic E-state index is 4.84. The first kappa shape index (κ1) is 17.5. The molecule has 5 nitrogen and oxygen atoms in total. The van der Waals surface area contributed by atoms with Gasteiger partial charge < -0.3 is 4.52 Å². The first-order valence-corrected chi connectivity index (χ1v) is 6.06. The van der Waals surface area contributed by atoms with Gasteiger partial charge in [-0.1, -0.05) is 54.1 Å². The second-order valence-corrected chi connectivity index (χ2v) is 6.22. The van der Waals surface area contributed by atoms with E-state index < -0.39 is 0 Å². The summed E-state index contributed by atoms with van der Waals surface area (Å²) in [6, 6.07) is 0. The predicted molar refractivity (Wildman–Crippen MR) is 80.0 cm³/mol. The van der Waals surface area contributed by atoms with Gasteiger partial charge in [0.25, 0.3) is 0 Å². The van der Waals surface area contributed by atoms with E-state index in [2.05, 4.69) is 40.9 Å². The van der Waals surface area contributed by atoms with Crippen LogP contribution in [-0.2, 0) is 5.41 Å². The zero-order valence-corrected chi connectivity index (χ0v) is 12.1. The zero-order chi connectivity index (χ0) is 13.8. The van der Waals surface area contributed by atoms with Crippen LogP contribution >= 0.6 is 0 Å². The molecule has 0 N–H and O–H groups in total. The summed E-state index contributed by atoms with van der Waals surface area (Å²) >= 11 is 0. The van der Waals surface area contributed by atoms with Crippen molar-refractivity contribution >= 4 is 12.1 Å². The number of hydrogen-bond acceptors (Lipinski definition) is 5. The minimum Gasteiger partial charge on any atom is -0.339 e. The van der Waals surface area contributed by atoms with Gasteiger partial charge in [-0.25, -0.2) is 4.99 Å². The van der Waals surface area contributed by atoms with Gasteiger partial charge in [0.1, 0.15) is 5.84 Å². The number of amidine groups is 1. The van der Waals surface area contributed by atoms with Crippen molar-refractivity contribution in [3.05, 3.63) is 12.2 Å². The molecule has 0 amide bonds. The lowest BCUT2D eigenvalue weighted by Gasteiger charge is -2.14. The third kappa shape index (κ3) is 5.77. The van der Waals surface area contributed by atoms with Crippen LogP contribution in [0.1, 0.15) is 54.9 Å². The van der Waals surface area contributed by atoms with E-state index in [1.807, 2.05) is 27.0 Å². The van der Waals surface area contributed by atoms with Crippen LogP contribution in [0.2, 0.25) is 0 Å². The van der Waals surface area contributed by atoms with Crippen molar-refractivity contribution in [1.29, 1.82) is 0 Å². The Kier molecular flexibility index (Phi) is 6.06. The second kappa shape index (κ2) is 6.59. The first-order chi connectivity index (χ1) is 8.21. The van der Waals surface area contributed by atoms with Crippen molar-refractivity contribution in [2.24, 2.45) is 15.4 Å². The molecule has 1 aliphatic rings. The normalized spacial score (nSPS) is 14.3. The molecule has 0 aliphatic carbocycles. The molecule has 0 fully saturated rings. The average molecular weight is 266 g/mol. The molecule has 0 saturated heterocycles. The predicted octanol–water partition coefficient (Wildman–Crippen LogP) is 3.52. The Bertz CT molecular complexity index is 419. The van der Waals surface area contributed by atoms with Crippen LogP contribution in [0.3, 0.4) is 0 Å². The summed E-state index contributed by atoms with van der Waals surface area (Å²) < 4.78 is 4.84. The Morgan fingerprint density at radius 1 is 1.05 bits per heavy atom. The van der Waals surface area contributed by atoms with Gasteiger partial charge >= 0.3 is 0 Å². The largest absolute Gasteiger partial charge is 0.339 e. The third-order valence-electron chi connectivity index (χ3n) is 2.21. The molecule has 0 bridgehead atoms. The monoisotopic (exact) mass is 266 g/mol. The summed E-state index contributed by atoms with van der Waals surface area (Å²) in [4.78, 5) is 12.2. The quantitative estimate of drug-likeness (QED) is 0.721. The Labute approximate surface area is 116 Å². The van der Waals surface area contributed by atoms with E-state index in [0.29, 0.717) is 5.89 Å². The van der Waals surface area contributed by atoms with E-state index in [9.17, 15) is 0 Å². The molecule has 1 aliphatic heterocycles. The van der Waals surface area contributed by atoms with E-state index in [0.717, 1.165) is 12.4 Å². The average Bonchev–Trinajstić information content (AvgIpc) is 2.91. The lowest BCUT2D eigenvalue weighted by Crippen LogP contribution is -2.16. The van der Waals surface area contributed by atoms with Gasteiger partial charge in [-0.3, -0.25) is 4.99 Å². The second-order valence-electron chi connectivity index (χ2n) is 6.22. The van der Waals surface area contributed by atoms with Gasteiger partial charge in [-0.2, -0.15) is 4.98 Å². The lowest BCUT2D eigenvalue weighted by molar-refractivity contribution is 0.320. The SMILES string of the molecule is C.CC(C)(C)C1=NCC=N1.CC(C)(C)c1ncno1. The molecular formula is C14H26N4O. The highest BCUT2D eigenvalue weighted by Gasteiger charge is 2.19. The molecule has 1 aromatic heterocycles. The topological polar surface area (TPSA) is 63.6 Å². The van der Waals surface area contributed by atoms with Crippen LogP contribution in [0, 0.1) is 5.41 Å². The third-order valence-corrected chi connectivity index (χ3v) is 2.21. The van der Waals surface area contributed by atoms with E-state index in [4.69, 9.17) is 4.52 Å². The highest BCUT2D eigenvalue weighted by Crippen LogP contribution is 2.18. The van der Waals surface area contributed by atoms with Crippen LogP contribution in [-0.4, -0.2) is 28.7 Å². The first-order valence-electron chi connectivity index (χ1n) is 6.06. The molecular weight excluding hydrogens is 240 g/mol. The molecule has 2 rings (SSSR count). The maximum Gasteiger partial charge on any atom is 0.231 e. The molecule has 0 saturated carbocycles. The van der Waals surface area contributed by atoms with E-state index in [1.54, 1.807) is 0 Å². The van der Waals surface area contributed by atoms with Crippen molar-refractivity contribution in [3.8, 4) is 0 Å². The molecule has 0 spiro atoms. The van der Waals surface area contributed by atoms with Gasteiger partial charge in [0.2, 0.25) is 5.89 Å². The highest BCUT2D eigenvalue weighted by molar-refractivity contribution is 5.97. The lowest BCUT2D eigenvalue weighted by atomic mass is 9.95. The number of nitrogens with zero attached hydrogens (tertiary/aromatic N) is 4. The Balaban J connectivity index is 0.000000324. The minimum atomic E-state index is -0.0174. The Morgan fingerprint density at radius 2 is 1.68 bits per heavy atom. The van der Waals surface area contributed by atoms with Gasteiger partial charge in [-0.05, 0) is 0 Å². The van der Waals surface area contributed by atoms with Gasteiger partial charge in [0.05, 0.1) is 6.54 Å². The number of rotatable bonds is 0. The van der Waals surface area contributed by atoms with E-state index >= 15 is 0 Å². The van der Waals surface area contributed by atoms with Gasteiger partial charge in [0, 0.05) is 17.0 Å². The fourth-order valence-corrected chi connectivity index (χ4v) is 1.23. The van der Waals surface area contributed by atoms with Gasteiger partial charge in [0.15, 0.2) is 6.33 Å². The number of aliphatic imine (C=N–C) groups is 2. The van der Waals surface area contributed by atoms with Crippen LogP contribution in [0.25, 0.3) is 0 Å². The van der Waals surface area contributed by atoms with E-state index in [1.165, 1.54) is 6.33 Å². The summed E-state index contributed by atoms with van der Waals surface area (Å²) in [6.07, 6.45) is 3.27. The molecule has 1 aromatic rings. The molecule has 2 heterocycles. The van der Waals surface area contributed by atoms with Crippen molar-refractivity contribution < 1.29 is 4.52 Å². The summed E-state index contributed by atoms with van der Waals surface area (Å²) in [7, 11) is 0. The summed E-state index contributed by atoms with van der Waals surface area (Å²) in [5.41, 5.74) is 0.115. The van der Waals surface area contributed by atoms with Gasteiger partial charge in [-0.15, -0.1) is 0 Å². The van der Waals surface area contributed by atoms with Crippen LogP contribution < -0.4 is 0 Å². The van der Waals surface area contributed by atoms with Crippen molar-refractivity contribution in [3.63, 3.8) is 0 Å². The molecule has 0 radical (unpaired) electrons. The Hall–Kier alpha value is -1.52. The number of hydrogen-bond donors (Lipinski definition) is 0. The zero-order valence-electron chi connectivity index (χ0n) is 12.1. The molecule has 19 heavy (non-hydrogen) atoms. The van der Waals surface area contributed by atoms with Crippen LogP contribution in [0.5, 0.6) is 0 Å². The molecule has 5 heteroatoms. The van der Waals surface area contributed by atoms with Crippen molar-refractivity contribution in [2.45, 2.75) is 54.4 Å². The number of aromatic nitrogens is 2. The summed E-state index contributed by atoms with van der Waals surface area (Å²) in [5.74, 6) is 1.66. The highest BCUT2D eigenvalue weighted by atomic mass is 16.5. The maximum atomic E-state index is 4.84. The fourth-order valence-electron chi connectivity index (χ4n) is 1.23. The van der Waals surface area contributed by atoms with Crippen molar-refractivity contribution in [2.75, 3.05) is 6.54 Å². The molecule has 0 aromatic carbocycles. The van der Waals surface area contributed by atoms with Crippen molar-refractivity contribution in [1.82, 2.24) is 10.1 Å². The van der Waals surface area contributed by atoms with Crippen LogP contribution in [0.15, 0.2) is 20.8 Å². The summed E-state index contributed by atoms with van der Waals surface area (Å²) in [5, 5.41) is 3.50. The molecule has 0 unspecified atom stereocenters. The Morgan fingerprint density at radius 3 is 1.89 bits per heavy atom. The minimum absolute atomic E-state index is 0. The molecule has 108 valence electrons. The van der Waals surface area contributed by atoms with E-state index in [-0.39, 0.29) is 18.3 Å². The standard InChI is InChI=1S/C7H12N2.C6H10N2O.CH4/c1-7(2,3)6-8-4-5-9-6;1-6(2,3)5-7-4-8-9-5;/h4H,5H2,1-3H3;4H,1-3H3;1H4. The smallest absolute Gasteiger partial charge is 0.231 e. The fraction of sp³-hybridized carbons (Fsp3) is 0.714. The van der Waals surface area contributed by atoms with Crippen LogP contribution in [0.4, 0.5) is 0 Å². The summed E-state index contributed by atoms with van der Waals surface area (Å²) in [6.45, 7) is 13.2.